The fourth-order valence-corrected chi connectivity index (χ4v) is 7.33. The van der Waals surface area contributed by atoms with Crippen molar-refractivity contribution in [3.05, 3.63) is 112 Å². The summed E-state index contributed by atoms with van der Waals surface area (Å²) in [5, 5.41) is 0.450. The maximum atomic E-state index is 13.9. The lowest BCUT2D eigenvalue weighted by atomic mass is 9.71. The number of imidazole rings is 1. The number of anilines is 1. The van der Waals surface area contributed by atoms with E-state index in [1.54, 1.807) is 29.3 Å². The number of rotatable bonds is 9. The van der Waals surface area contributed by atoms with Gasteiger partial charge in [-0.15, -0.1) is 0 Å². The van der Waals surface area contributed by atoms with Gasteiger partial charge in [0, 0.05) is 49.7 Å². The molecule has 43 heavy (non-hydrogen) atoms. The number of nitrogens with zero attached hydrogens (tertiary/aromatic N) is 3. The first-order valence-electron chi connectivity index (χ1n) is 14.3. The first-order valence-corrected chi connectivity index (χ1v) is 16.2. The standard InChI is InChI=1S/C33H37ClFN4O3S/c1-22(23-7-5-9-25(35)18-23)17-32(40)39(21-31-36-15-16-38(31)4)26-11-12-29-28(20-26)30(13-14-33(29,2)3)37-43(41,42)27-10-6-8-24(34)19-27/h5-12,15-16,18-20,22,30,34,37H,13-14,17,21H2,1-4H3/q+1/t22-,30+/m1/s1. The summed E-state index contributed by atoms with van der Waals surface area (Å²) in [6.07, 6.45) is 5.05. The molecule has 1 N–H and O–H groups in total. The van der Waals surface area contributed by atoms with Crippen molar-refractivity contribution >= 4 is 21.6 Å². The molecular formula is C33H37ClFN4O3S+. The van der Waals surface area contributed by atoms with Gasteiger partial charge in [-0.3, -0.25) is 4.79 Å². The van der Waals surface area contributed by atoms with Crippen LogP contribution in [0, 0.1) is 17.4 Å². The molecule has 0 spiro atoms. The number of carbonyl (C=O) groups is 1. The zero-order valence-electron chi connectivity index (χ0n) is 24.7. The molecule has 0 bridgehead atoms. The van der Waals surface area contributed by atoms with Crippen LogP contribution < -0.4 is 9.62 Å². The molecule has 226 valence electrons. The molecule has 1 heterocycles. The Kier molecular flexibility index (Phi) is 8.79. The van der Waals surface area contributed by atoms with E-state index in [4.69, 9.17) is 11.6 Å². The summed E-state index contributed by atoms with van der Waals surface area (Å²) in [6, 6.07) is 18.0. The number of fused-ring (bicyclic) bond motifs is 1. The SMILES string of the molecule is C[C@H](CC(=O)N(Cc1nccn1C)c1ccc2c(c1)[C@@H](NS(=O)(=O)c1cccc([ClH+])c1)CCC2(C)C)c1cccc(F)c1. The Morgan fingerprint density at radius 2 is 1.93 bits per heavy atom. The van der Waals surface area contributed by atoms with Crippen LogP contribution in [0.3, 0.4) is 0 Å². The largest absolute Gasteiger partial charge is 0.337 e. The lowest BCUT2D eigenvalue weighted by Crippen LogP contribution is -2.37. The Balaban J connectivity index is 1.52. The van der Waals surface area contributed by atoms with Gasteiger partial charge in [-0.25, -0.2) is 22.5 Å². The van der Waals surface area contributed by atoms with Crippen molar-refractivity contribution in [2.24, 2.45) is 7.05 Å². The van der Waals surface area contributed by atoms with Crippen LogP contribution in [0.4, 0.5) is 10.1 Å². The number of hydrogen-bond acceptors (Lipinski definition) is 4. The highest BCUT2D eigenvalue weighted by Gasteiger charge is 2.36. The van der Waals surface area contributed by atoms with Gasteiger partial charge in [0.25, 0.3) is 0 Å². The number of benzene rings is 3. The highest BCUT2D eigenvalue weighted by Crippen LogP contribution is 2.43. The molecule has 1 aliphatic rings. The minimum Gasteiger partial charge on any atom is -0.337 e. The molecule has 0 radical (unpaired) electrons. The number of aryl methyl sites for hydroxylation is 1. The monoisotopic (exact) mass is 623 g/mol. The van der Waals surface area contributed by atoms with Crippen molar-refractivity contribution in [1.82, 2.24) is 14.3 Å². The van der Waals surface area contributed by atoms with Crippen molar-refractivity contribution in [2.45, 2.75) is 68.8 Å². The highest BCUT2D eigenvalue weighted by molar-refractivity contribution is 7.89. The Labute approximate surface area is 257 Å². The molecule has 4 aromatic rings. The van der Waals surface area contributed by atoms with Crippen LogP contribution in [0.15, 0.2) is 84.0 Å². The van der Waals surface area contributed by atoms with E-state index < -0.39 is 16.1 Å². The van der Waals surface area contributed by atoms with Gasteiger partial charge >= 0.3 is 0 Å². The van der Waals surface area contributed by atoms with Crippen molar-refractivity contribution in [3.63, 3.8) is 0 Å². The zero-order chi connectivity index (χ0) is 30.9. The second-order valence-electron chi connectivity index (χ2n) is 11.9. The molecule has 0 unspecified atom stereocenters. The third-order valence-corrected chi connectivity index (χ3v) is 10.1. The van der Waals surface area contributed by atoms with Gasteiger partial charge in [-0.1, -0.05) is 45.0 Å². The van der Waals surface area contributed by atoms with E-state index in [-0.39, 0.29) is 40.9 Å². The first kappa shape index (κ1) is 30.9. The molecule has 0 saturated heterocycles. The van der Waals surface area contributed by atoms with Crippen molar-refractivity contribution < 1.29 is 29.2 Å². The number of carbonyl (C=O) groups excluding carboxylic acids is 1. The van der Waals surface area contributed by atoms with Crippen LogP contribution in [-0.2, 0) is 33.8 Å². The highest BCUT2D eigenvalue weighted by atomic mass is 35.5. The average molecular weight is 624 g/mol. The van der Waals surface area contributed by atoms with Crippen molar-refractivity contribution in [3.8, 4) is 0 Å². The average Bonchev–Trinajstić information content (AvgIpc) is 3.37. The molecule has 10 heteroatoms. The minimum absolute atomic E-state index is 0.125. The summed E-state index contributed by atoms with van der Waals surface area (Å²) in [6.45, 7) is 6.43. The zero-order valence-corrected chi connectivity index (χ0v) is 26.4. The molecule has 5 rings (SSSR count). The number of nitrogens with one attached hydrogen (secondary N) is 1. The smallest absolute Gasteiger partial charge is 0.241 e. The van der Waals surface area contributed by atoms with Crippen molar-refractivity contribution in [2.75, 3.05) is 4.90 Å². The Morgan fingerprint density at radius 3 is 2.63 bits per heavy atom. The minimum atomic E-state index is -3.85. The first-order chi connectivity index (χ1) is 20.3. The molecule has 2 atom stereocenters. The van der Waals surface area contributed by atoms with Crippen LogP contribution in [0.5, 0.6) is 0 Å². The summed E-state index contributed by atoms with van der Waals surface area (Å²) in [4.78, 5) is 20.2. The Hall–Kier alpha value is -3.53. The van der Waals surface area contributed by atoms with E-state index in [1.807, 2.05) is 49.0 Å². The maximum absolute atomic E-state index is 13.9. The summed E-state index contributed by atoms with van der Waals surface area (Å²) in [5.41, 5.74) is 3.08. The number of sulfonamides is 1. The van der Waals surface area contributed by atoms with E-state index in [0.717, 1.165) is 23.1 Å². The van der Waals surface area contributed by atoms with E-state index in [2.05, 4.69) is 23.6 Å². The van der Waals surface area contributed by atoms with Gasteiger partial charge in [0.15, 0.2) is 11.6 Å². The molecule has 0 saturated carbocycles. The predicted molar refractivity (Wildman–Crippen MR) is 163 cm³/mol. The Bertz CT molecular complexity index is 1750. The van der Waals surface area contributed by atoms with Gasteiger partial charge in [0.2, 0.25) is 21.0 Å². The molecule has 1 amide bonds. The van der Waals surface area contributed by atoms with E-state index >= 15 is 0 Å². The van der Waals surface area contributed by atoms with Crippen LogP contribution in [0.25, 0.3) is 0 Å². The Morgan fingerprint density at radius 1 is 1.16 bits per heavy atom. The van der Waals surface area contributed by atoms with Crippen LogP contribution in [0.1, 0.15) is 74.5 Å². The van der Waals surface area contributed by atoms with Crippen LogP contribution in [0.2, 0.25) is 5.02 Å². The third kappa shape index (κ3) is 6.84. The summed E-state index contributed by atoms with van der Waals surface area (Å²) >= 11 is 5.20. The number of aromatic nitrogens is 2. The molecule has 1 aromatic heterocycles. The maximum Gasteiger partial charge on any atom is 0.241 e. The van der Waals surface area contributed by atoms with Gasteiger partial charge in [-0.05, 0) is 71.2 Å². The quantitative estimate of drug-likeness (QED) is 0.245. The van der Waals surface area contributed by atoms with Gasteiger partial charge in [-0.2, -0.15) is 0 Å². The third-order valence-electron chi connectivity index (χ3n) is 8.34. The van der Waals surface area contributed by atoms with E-state index in [9.17, 15) is 17.6 Å². The van der Waals surface area contributed by atoms with Gasteiger partial charge < -0.3 is 9.47 Å². The lowest BCUT2D eigenvalue weighted by Gasteiger charge is -2.38. The second kappa shape index (κ2) is 12.2. The molecule has 1 aliphatic carbocycles. The molecule has 0 fully saturated rings. The van der Waals surface area contributed by atoms with Crippen LogP contribution >= 0.6 is 0 Å². The van der Waals surface area contributed by atoms with Gasteiger partial charge in [0.1, 0.15) is 11.6 Å². The number of halogens is 2. The topological polar surface area (TPSA) is 84.3 Å². The molecular weight excluding hydrogens is 587 g/mol. The number of hydrogen-bond donors (Lipinski definition) is 1. The summed E-state index contributed by atoms with van der Waals surface area (Å²) in [7, 11) is -1.98. The number of amides is 1. The summed E-state index contributed by atoms with van der Waals surface area (Å²) in [5.74, 6) is -0.00439. The summed E-state index contributed by atoms with van der Waals surface area (Å²) < 4.78 is 45.5. The fourth-order valence-electron chi connectivity index (χ4n) is 5.75. The lowest BCUT2D eigenvalue weighted by molar-refractivity contribution is -0.289. The molecule has 0 aliphatic heterocycles. The van der Waals surface area contributed by atoms with E-state index in [1.165, 1.54) is 24.3 Å². The van der Waals surface area contributed by atoms with Crippen LogP contribution in [-0.4, -0.2) is 23.9 Å². The van der Waals surface area contributed by atoms with Crippen molar-refractivity contribution in [1.29, 1.82) is 0 Å². The fraction of sp³-hybridized carbons (Fsp3) is 0.333. The molecule has 3 aromatic carbocycles. The second-order valence-corrected chi connectivity index (χ2v) is 14.1. The molecule has 7 nitrogen and oxygen atoms in total. The normalized spacial score (nSPS) is 16.8. The van der Waals surface area contributed by atoms with E-state index in [0.29, 0.717) is 23.0 Å². The van der Waals surface area contributed by atoms with Gasteiger partial charge in [0.05, 0.1) is 11.4 Å². The predicted octanol–water partition coefficient (Wildman–Crippen LogP) is 6.07.